The summed E-state index contributed by atoms with van der Waals surface area (Å²) in [6.07, 6.45) is 1.45. The minimum absolute atomic E-state index is 0.0685. The molecule has 0 spiro atoms. The normalized spacial score (nSPS) is 13.2. The first-order valence-electron chi connectivity index (χ1n) is 6.69. The number of nitrogens with one attached hydrogen (secondary N) is 1. The molecule has 0 aromatic carbocycles. The number of hydrogen-bond donors (Lipinski definition) is 1. The van der Waals surface area contributed by atoms with Crippen molar-refractivity contribution in [2.75, 3.05) is 0 Å². The van der Waals surface area contributed by atoms with Gasteiger partial charge < -0.3 is 14.5 Å². The van der Waals surface area contributed by atoms with Crippen molar-refractivity contribution in [3.05, 3.63) is 23.7 Å². The summed E-state index contributed by atoms with van der Waals surface area (Å²) in [5.41, 5.74) is -0.153. The molecule has 0 bridgehead atoms. The van der Waals surface area contributed by atoms with Crippen molar-refractivity contribution in [1.82, 2.24) is 5.32 Å². The van der Waals surface area contributed by atoms with E-state index in [1.54, 1.807) is 33.8 Å². The van der Waals surface area contributed by atoms with E-state index in [0.717, 1.165) is 0 Å². The molecular weight excluding hydrogens is 258 g/mol. The zero-order valence-corrected chi connectivity index (χ0v) is 12.9. The van der Waals surface area contributed by atoms with Gasteiger partial charge in [-0.05, 0) is 39.7 Å². The van der Waals surface area contributed by atoms with E-state index in [1.807, 2.05) is 13.8 Å². The monoisotopic (exact) mass is 281 g/mol. The van der Waals surface area contributed by atoms with E-state index < -0.39 is 17.6 Å². The number of furan rings is 1. The van der Waals surface area contributed by atoms with E-state index in [2.05, 4.69) is 5.32 Å². The molecule has 5 heteroatoms. The van der Waals surface area contributed by atoms with E-state index in [-0.39, 0.29) is 11.8 Å². The number of esters is 1. The maximum Gasteiger partial charge on any atom is 0.329 e. The van der Waals surface area contributed by atoms with E-state index in [0.29, 0.717) is 11.3 Å². The molecule has 0 fully saturated rings. The van der Waals surface area contributed by atoms with E-state index in [9.17, 15) is 9.59 Å². The van der Waals surface area contributed by atoms with Crippen LogP contribution in [0.3, 0.4) is 0 Å². The lowest BCUT2D eigenvalue weighted by Crippen LogP contribution is -2.47. The lowest BCUT2D eigenvalue weighted by atomic mass is 10.0. The molecule has 0 aliphatic carbocycles. The number of hydrogen-bond acceptors (Lipinski definition) is 4. The molecule has 0 unspecified atom stereocenters. The molecule has 0 aliphatic heterocycles. The van der Waals surface area contributed by atoms with E-state index >= 15 is 0 Å². The Balaban J connectivity index is 2.81. The average Bonchev–Trinajstić information content (AvgIpc) is 2.69. The van der Waals surface area contributed by atoms with Gasteiger partial charge in [0.1, 0.15) is 17.4 Å². The van der Waals surface area contributed by atoms with Crippen LogP contribution in [0.1, 0.15) is 50.7 Å². The maximum atomic E-state index is 12.1. The van der Waals surface area contributed by atoms with Crippen molar-refractivity contribution in [2.45, 2.75) is 53.2 Å². The van der Waals surface area contributed by atoms with Crippen molar-refractivity contribution in [1.29, 1.82) is 0 Å². The SMILES string of the molecule is Cc1occc1C(=O)N[C@@H](C(=O)OC(C)(C)C)C(C)C. The number of aryl methyl sites for hydroxylation is 1. The van der Waals surface area contributed by atoms with Crippen LogP contribution in [0.4, 0.5) is 0 Å². The highest BCUT2D eigenvalue weighted by molar-refractivity contribution is 5.97. The van der Waals surface area contributed by atoms with Gasteiger partial charge in [0.25, 0.3) is 5.91 Å². The largest absolute Gasteiger partial charge is 0.469 e. The molecule has 0 saturated heterocycles. The molecule has 1 heterocycles. The molecule has 1 amide bonds. The fraction of sp³-hybridized carbons (Fsp3) is 0.600. The summed E-state index contributed by atoms with van der Waals surface area (Å²) in [6, 6.07) is 0.896. The molecule has 20 heavy (non-hydrogen) atoms. The highest BCUT2D eigenvalue weighted by atomic mass is 16.6. The molecule has 112 valence electrons. The molecule has 1 atom stereocenters. The van der Waals surface area contributed by atoms with Gasteiger partial charge in [-0.2, -0.15) is 0 Å². The third kappa shape index (κ3) is 4.40. The highest BCUT2D eigenvalue weighted by Gasteiger charge is 2.30. The Morgan fingerprint density at radius 2 is 1.90 bits per heavy atom. The lowest BCUT2D eigenvalue weighted by Gasteiger charge is -2.26. The molecule has 0 saturated carbocycles. The lowest BCUT2D eigenvalue weighted by molar-refractivity contribution is -0.158. The standard InChI is InChI=1S/C15H23NO4/c1-9(2)12(14(18)20-15(4,5)6)16-13(17)11-7-8-19-10(11)3/h7-9,12H,1-6H3,(H,16,17)/t12-/m1/s1. The minimum atomic E-state index is -0.684. The zero-order chi connectivity index (χ0) is 15.5. The van der Waals surface area contributed by atoms with Crippen molar-refractivity contribution in [3.8, 4) is 0 Å². The van der Waals surface area contributed by atoms with Crippen molar-refractivity contribution in [3.63, 3.8) is 0 Å². The highest BCUT2D eigenvalue weighted by Crippen LogP contribution is 2.14. The van der Waals surface area contributed by atoms with Crippen LogP contribution >= 0.6 is 0 Å². The predicted molar refractivity (Wildman–Crippen MR) is 75.4 cm³/mol. The van der Waals surface area contributed by atoms with Crippen molar-refractivity contribution < 1.29 is 18.7 Å². The number of amides is 1. The number of carbonyl (C=O) groups is 2. The number of carbonyl (C=O) groups excluding carboxylic acids is 2. The van der Waals surface area contributed by atoms with Crippen LogP contribution in [0, 0.1) is 12.8 Å². The van der Waals surface area contributed by atoms with Crippen LogP contribution < -0.4 is 5.32 Å². The quantitative estimate of drug-likeness (QED) is 0.861. The second-order valence-corrected chi connectivity index (χ2v) is 6.12. The fourth-order valence-electron chi connectivity index (χ4n) is 1.70. The molecule has 0 radical (unpaired) electrons. The van der Waals surface area contributed by atoms with Gasteiger partial charge in [0.05, 0.1) is 11.8 Å². The van der Waals surface area contributed by atoms with Gasteiger partial charge >= 0.3 is 5.97 Å². The van der Waals surface area contributed by atoms with Gasteiger partial charge in [0.15, 0.2) is 0 Å². The predicted octanol–water partition coefficient (Wildman–Crippen LogP) is 2.68. The summed E-state index contributed by atoms with van der Waals surface area (Å²) in [7, 11) is 0. The Bertz CT molecular complexity index is 482. The van der Waals surface area contributed by atoms with Crippen LogP contribution in [0.5, 0.6) is 0 Å². The van der Waals surface area contributed by atoms with Crippen LogP contribution in [-0.4, -0.2) is 23.5 Å². The van der Waals surface area contributed by atoms with Crippen molar-refractivity contribution >= 4 is 11.9 Å². The van der Waals surface area contributed by atoms with Crippen LogP contribution in [0.15, 0.2) is 16.7 Å². The summed E-state index contributed by atoms with van der Waals surface area (Å²) in [5.74, 6) is -0.307. The zero-order valence-electron chi connectivity index (χ0n) is 12.9. The van der Waals surface area contributed by atoms with Gasteiger partial charge in [0, 0.05) is 0 Å². The Hall–Kier alpha value is -1.78. The first-order valence-corrected chi connectivity index (χ1v) is 6.69. The van der Waals surface area contributed by atoms with Gasteiger partial charge in [-0.15, -0.1) is 0 Å². The molecule has 1 aromatic heterocycles. The molecule has 0 aliphatic rings. The molecule has 5 nitrogen and oxygen atoms in total. The van der Waals surface area contributed by atoms with Gasteiger partial charge in [-0.1, -0.05) is 13.8 Å². The summed E-state index contributed by atoms with van der Waals surface area (Å²) in [4.78, 5) is 24.3. The van der Waals surface area contributed by atoms with Gasteiger partial charge in [-0.3, -0.25) is 4.79 Å². The number of ether oxygens (including phenoxy) is 1. The minimum Gasteiger partial charge on any atom is -0.469 e. The summed E-state index contributed by atoms with van der Waals surface area (Å²) < 4.78 is 10.4. The first-order chi connectivity index (χ1) is 9.11. The van der Waals surface area contributed by atoms with E-state index in [4.69, 9.17) is 9.15 Å². The maximum absolute atomic E-state index is 12.1. The third-order valence-corrected chi connectivity index (χ3v) is 2.72. The summed E-state index contributed by atoms with van der Waals surface area (Å²) >= 11 is 0. The molecule has 1 rings (SSSR count). The van der Waals surface area contributed by atoms with Gasteiger partial charge in [0.2, 0.25) is 0 Å². The summed E-state index contributed by atoms with van der Waals surface area (Å²) in [6.45, 7) is 10.8. The first kappa shape index (κ1) is 16.3. The molecule has 1 N–H and O–H groups in total. The second kappa shape index (κ2) is 6.11. The number of rotatable bonds is 4. The fourth-order valence-corrected chi connectivity index (χ4v) is 1.70. The second-order valence-electron chi connectivity index (χ2n) is 6.12. The van der Waals surface area contributed by atoms with E-state index in [1.165, 1.54) is 6.26 Å². The topological polar surface area (TPSA) is 68.5 Å². The van der Waals surface area contributed by atoms with Crippen LogP contribution in [-0.2, 0) is 9.53 Å². The Labute approximate surface area is 119 Å². The van der Waals surface area contributed by atoms with Gasteiger partial charge in [-0.25, -0.2) is 4.79 Å². The molecular formula is C15H23NO4. The smallest absolute Gasteiger partial charge is 0.329 e. The Kier molecular flexibility index (Phi) is 4.98. The van der Waals surface area contributed by atoms with Crippen LogP contribution in [0.2, 0.25) is 0 Å². The van der Waals surface area contributed by atoms with Crippen molar-refractivity contribution in [2.24, 2.45) is 5.92 Å². The third-order valence-electron chi connectivity index (χ3n) is 2.72. The average molecular weight is 281 g/mol. The van der Waals surface area contributed by atoms with Crippen LogP contribution in [0.25, 0.3) is 0 Å². The molecule has 1 aromatic rings. The summed E-state index contributed by atoms with van der Waals surface area (Å²) in [5, 5.41) is 2.71. The Morgan fingerprint density at radius 1 is 1.30 bits per heavy atom. The Morgan fingerprint density at radius 3 is 2.30 bits per heavy atom.